The van der Waals surface area contributed by atoms with Crippen LogP contribution in [0.5, 0.6) is 5.75 Å². The van der Waals surface area contributed by atoms with E-state index in [1.165, 1.54) is 11.1 Å². The van der Waals surface area contributed by atoms with Crippen LogP contribution in [0.25, 0.3) is 0 Å². The zero-order chi connectivity index (χ0) is 13.3. The number of nitrogens with zero attached hydrogens (tertiary/aromatic N) is 1. The second kappa shape index (κ2) is 4.65. The fraction of sp³-hybridized carbons (Fsp3) is 0.562. The molecule has 2 nitrogen and oxygen atoms in total. The summed E-state index contributed by atoms with van der Waals surface area (Å²) in [6.07, 6.45) is 1.81. The van der Waals surface area contributed by atoms with Crippen LogP contribution in [0.4, 0.5) is 0 Å². The van der Waals surface area contributed by atoms with Crippen LogP contribution in [0.15, 0.2) is 12.1 Å². The minimum absolute atomic E-state index is 0.416. The molecular weight excluding hydrogens is 222 g/mol. The van der Waals surface area contributed by atoms with Crippen molar-refractivity contribution in [1.82, 2.24) is 0 Å². The summed E-state index contributed by atoms with van der Waals surface area (Å²) in [5, 5.41) is 9.57. The van der Waals surface area contributed by atoms with Gasteiger partial charge in [-0.05, 0) is 43.7 Å². The third kappa shape index (κ3) is 1.99. The van der Waals surface area contributed by atoms with Crippen LogP contribution >= 0.6 is 0 Å². The van der Waals surface area contributed by atoms with E-state index in [0.717, 1.165) is 24.2 Å². The lowest BCUT2D eigenvalue weighted by atomic mass is 9.76. The first kappa shape index (κ1) is 13.0. The van der Waals surface area contributed by atoms with Crippen molar-refractivity contribution in [3.63, 3.8) is 0 Å². The van der Waals surface area contributed by atoms with Gasteiger partial charge in [-0.25, -0.2) is 0 Å². The average Bonchev–Trinajstić information content (AvgIpc) is 2.50. The molecule has 1 unspecified atom stereocenters. The summed E-state index contributed by atoms with van der Waals surface area (Å²) in [5.41, 5.74) is 3.08. The van der Waals surface area contributed by atoms with E-state index in [9.17, 15) is 5.26 Å². The second-order valence-corrected chi connectivity index (χ2v) is 5.73. The van der Waals surface area contributed by atoms with E-state index in [4.69, 9.17) is 4.74 Å². The van der Waals surface area contributed by atoms with Crippen molar-refractivity contribution in [2.45, 2.75) is 51.9 Å². The number of hydrogen-bond acceptors (Lipinski definition) is 2. The molecule has 0 aliphatic carbocycles. The number of hydrogen-bond donors (Lipinski definition) is 0. The summed E-state index contributed by atoms with van der Waals surface area (Å²) in [6.45, 7) is 9.17. The Morgan fingerprint density at radius 2 is 2.11 bits per heavy atom. The molecule has 1 aromatic rings. The van der Waals surface area contributed by atoms with Gasteiger partial charge in [0.2, 0.25) is 0 Å². The number of ether oxygens (including phenoxy) is 1. The van der Waals surface area contributed by atoms with E-state index >= 15 is 0 Å². The largest absolute Gasteiger partial charge is 0.493 e. The van der Waals surface area contributed by atoms with Crippen LogP contribution in [0, 0.1) is 18.3 Å². The van der Waals surface area contributed by atoms with Crippen LogP contribution in [-0.2, 0) is 5.41 Å². The Bertz CT molecular complexity index is 499. The molecule has 2 rings (SSSR count). The second-order valence-electron chi connectivity index (χ2n) is 5.73. The van der Waals surface area contributed by atoms with Crippen molar-refractivity contribution < 1.29 is 4.74 Å². The molecule has 1 aliphatic heterocycles. The monoisotopic (exact) mass is 243 g/mol. The van der Waals surface area contributed by atoms with E-state index in [1.807, 2.05) is 6.92 Å². The van der Waals surface area contributed by atoms with Crippen LogP contribution in [-0.4, -0.2) is 6.61 Å². The summed E-state index contributed by atoms with van der Waals surface area (Å²) >= 11 is 0. The number of fused-ring (bicyclic) bond motifs is 1. The molecular formula is C16H21NO. The molecule has 1 atom stereocenters. The van der Waals surface area contributed by atoms with Gasteiger partial charge in [0.1, 0.15) is 5.75 Å². The van der Waals surface area contributed by atoms with Gasteiger partial charge in [0, 0.05) is 5.56 Å². The molecule has 0 N–H and O–H groups in total. The summed E-state index contributed by atoms with van der Waals surface area (Å²) in [6, 6.07) is 6.77. The van der Waals surface area contributed by atoms with E-state index in [0.29, 0.717) is 12.5 Å². The zero-order valence-corrected chi connectivity index (χ0v) is 11.7. The highest BCUT2D eigenvalue weighted by Gasteiger charge is 2.34. The molecule has 0 saturated heterocycles. The van der Waals surface area contributed by atoms with Gasteiger partial charge in [0.15, 0.2) is 0 Å². The highest BCUT2D eigenvalue weighted by Crippen LogP contribution is 2.43. The molecule has 0 radical (unpaired) electrons. The molecule has 0 amide bonds. The molecule has 0 saturated carbocycles. The van der Waals surface area contributed by atoms with Gasteiger partial charge in [-0.2, -0.15) is 5.26 Å². The van der Waals surface area contributed by atoms with Crippen molar-refractivity contribution in [2.75, 3.05) is 6.61 Å². The maximum atomic E-state index is 9.57. The fourth-order valence-corrected chi connectivity index (χ4v) is 2.83. The predicted octanol–water partition coefficient (Wildman–Crippen LogP) is 4.07. The third-order valence-electron chi connectivity index (χ3n) is 3.88. The van der Waals surface area contributed by atoms with Crippen LogP contribution in [0.3, 0.4) is 0 Å². The summed E-state index contributed by atoms with van der Waals surface area (Å²) < 4.78 is 5.97. The van der Waals surface area contributed by atoms with Gasteiger partial charge in [-0.3, -0.25) is 0 Å². The maximum Gasteiger partial charge on any atom is 0.127 e. The van der Waals surface area contributed by atoms with Crippen LogP contribution in [0.1, 0.15) is 56.2 Å². The quantitative estimate of drug-likeness (QED) is 0.744. The van der Waals surface area contributed by atoms with Gasteiger partial charge in [0.25, 0.3) is 0 Å². The highest BCUT2D eigenvalue weighted by atomic mass is 16.5. The lowest BCUT2D eigenvalue weighted by Gasteiger charge is -2.25. The topological polar surface area (TPSA) is 33.0 Å². The van der Waals surface area contributed by atoms with E-state index in [2.05, 4.69) is 39.0 Å². The van der Waals surface area contributed by atoms with Crippen LogP contribution < -0.4 is 4.74 Å². The lowest BCUT2D eigenvalue weighted by molar-refractivity contribution is 0.311. The lowest BCUT2D eigenvalue weighted by Crippen LogP contribution is -2.20. The van der Waals surface area contributed by atoms with Crippen molar-refractivity contribution in [1.29, 1.82) is 5.26 Å². The third-order valence-corrected chi connectivity index (χ3v) is 3.88. The zero-order valence-electron chi connectivity index (χ0n) is 11.7. The SMILES string of the molecule is Cc1ccc(C(C)C)c2c1C(C)(C#N)CCCO2. The minimum atomic E-state index is -0.416. The molecule has 1 heterocycles. The Morgan fingerprint density at radius 1 is 1.39 bits per heavy atom. The highest BCUT2D eigenvalue weighted by molar-refractivity contribution is 5.54. The first-order valence-corrected chi connectivity index (χ1v) is 6.67. The molecule has 0 aromatic heterocycles. The van der Waals surface area contributed by atoms with E-state index < -0.39 is 5.41 Å². The molecule has 1 aromatic carbocycles. The van der Waals surface area contributed by atoms with E-state index in [1.54, 1.807) is 0 Å². The first-order valence-electron chi connectivity index (χ1n) is 6.67. The van der Waals surface area contributed by atoms with Crippen LogP contribution in [0.2, 0.25) is 0 Å². The van der Waals surface area contributed by atoms with Gasteiger partial charge < -0.3 is 4.74 Å². The molecule has 0 bridgehead atoms. The normalized spacial score (nSPS) is 22.9. The van der Waals surface area contributed by atoms with Crippen molar-refractivity contribution >= 4 is 0 Å². The van der Waals surface area contributed by atoms with Gasteiger partial charge in [0.05, 0.1) is 18.1 Å². The Kier molecular flexibility index (Phi) is 3.34. The van der Waals surface area contributed by atoms with Gasteiger partial charge in [-0.15, -0.1) is 0 Å². The summed E-state index contributed by atoms with van der Waals surface area (Å²) in [4.78, 5) is 0. The summed E-state index contributed by atoms with van der Waals surface area (Å²) in [5.74, 6) is 1.38. The molecule has 0 spiro atoms. The number of nitriles is 1. The van der Waals surface area contributed by atoms with Crippen molar-refractivity contribution in [2.24, 2.45) is 0 Å². The average molecular weight is 243 g/mol. The number of aryl methyl sites for hydroxylation is 1. The molecule has 1 aliphatic rings. The Hall–Kier alpha value is -1.49. The Labute approximate surface area is 110 Å². The summed E-state index contributed by atoms with van der Waals surface area (Å²) in [7, 11) is 0. The predicted molar refractivity (Wildman–Crippen MR) is 73.0 cm³/mol. The van der Waals surface area contributed by atoms with Gasteiger partial charge in [-0.1, -0.05) is 26.0 Å². The van der Waals surface area contributed by atoms with Gasteiger partial charge >= 0.3 is 0 Å². The maximum absolute atomic E-state index is 9.57. The molecule has 18 heavy (non-hydrogen) atoms. The molecule has 2 heteroatoms. The number of benzene rings is 1. The van der Waals surface area contributed by atoms with E-state index in [-0.39, 0.29) is 0 Å². The molecule has 0 fully saturated rings. The minimum Gasteiger partial charge on any atom is -0.493 e. The molecule has 96 valence electrons. The first-order chi connectivity index (χ1) is 8.49. The number of rotatable bonds is 1. The standard InChI is InChI=1S/C16H21NO/c1-11(2)13-7-6-12(3)14-15(13)18-9-5-8-16(14,4)10-17/h6-7,11H,5,8-9H2,1-4H3. The van der Waals surface area contributed by atoms with Crippen molar-refractivity contribution in [3.05, 3.63) is 28.8 Å². The Morgan fingerprint density at radius 3 is 2.72 bits per heavy atom. The smallest absolute Gasteiger partial charge is 0.127 e. The van der Waals surface area contributed by atoms with Crippen molar-refractivity contribution in [3.8, 4) is 11.8 Å². The Balaban J connectivity index is 2.72. The fourth-order valence-electron chi connectivity index (χ4n) is 2.83.